The lowest BCUT2D eigenvalue weighted by Gasteiger charge is -2.22. The van der Waals surface area contributed by atoms with E-state index < -0.39 is 55.4 Å². The van der Waals surface area contributed by atoms with Gasteiger partial charge in [-0.25, -0.2) is 17.6 Å². The second-order valence-corrected chi connectivity index (χ2v) is 11.5. The van der Waals surface area contributed by atoms with Gasteiger partial charge in [0.2, 0.25) is 11.8 Å². The molecule has 12 heteroatoms. The molecule has 10 nitrogen and oxygen atoms in total. The van der Waals surface area contributed by atoms with Gasteiger partial charge in [0.1, 0.15) is 17.5 Å². The van der Waals surface area contributed by atoms with Crippen molar-refractivity contribution in [2.75, 3.05) is 11.1 Å². The standard InChI is InChI=1S/C20H25FN4O6S/c1-19(2,3)17-25-24-16(30-17)10-7-12-14(8-11(10)21)32(28,29)9-13(15(26)22-12)23-18(27)31-20(4,5)6/h7-8,13H,9H2,1-6H3,(H,22,26)(H,23,27)/t13-/m0/s1. The molecule has 0 aliphatic carbocycles. The first-order chi connectivity index (χ1) is 14.6. The Labute approximate surface area is 184 Å². The second kappa shape index (κ2) is 7.84. The Morgan fingerprint density at radius 1 is 1.22 bits per heavy atom. The normalized spacial score (nSPS) is 18.3. The summed E-state index contributed by atoms with van der Waals surface area (Å²) in [7, 11) is -4.15. The van der Waals surface area contributed by atoms with Crippen molar-refractivity contribution in [3.8, 4) is 11.5 Å². The topological polar surface area (TPSA) is 140 Å². The van der Waals surface area contributed by atoms with Gasteiger partial charge in [0.25, 0.3) is 5.89 Å². The molecule has 0 spiro atoms. The van der Waals surface area contributed by atoms with Crippen molar-refractivity contribution in [2.24, 2.45) is 0 Å². The third-order valence-corrected chi connectivity index (χ3v) is 6.13. The molecule has 1 aliphatic heterocycles. The van der Waals surface area contributed by atoms with Crippen molar-refractivity contribution >= 4 is 27.5 Å². The molecule has 0 fully saturated rings. The van der Waals surface area contributed by atoms with Gasteiger partial charge < -0.3 is 19.8 Å². The predicted octanol–water partition coefficient (Wildman–Crippen LogP) is 2.79. The highest BCUT2D eigenvalue weighted by Crippen LogP contribution is 2.34. The fourth-order valence-electron chi connectivity index (χ4n) is 2.87. The average molecular weight is 469 g/mol. The maximum absolute atomic E-state index is 14.8. The van der Waals surface area contributed by atoms with Gasteiger partial charge in [-0.3, -0.25) is 4.79 Å². The first kappa shape index (κ1) is 23.6. The Kier molecular flexibility index (Phi) is 5.79. The Morgan fingerprint density at radius 3 is 2.44 bits per heavy atom. The number of carbonyl (C=O) groups is 2. The summed E-state index contributed by atoms with van der Waals surface area (Å²) in [6.07, 6.45) is -0.953. The van der Waals surface area contributed by atoms with Crippen LogP contribution in [0.15, 0.2) is 21.4 Å². The number of carbonyl (C=O) groups excluding carboxylic acids is 2. The maximum Gasteiger partial charge on any atom is 0.408 e. The summed E-state index contributed by atoms with van der Waals surface area (Å²) < 4.78 is 51.2. The van der Waals surface area contributed by atoms with Crippen LogP contribution in [0.2, 0.25) is 0 Å². The Balaban J connectivity index is 1.97. The summed E-state index contributed by atoms with van der Waals surface area (Å²) in [5.74, 6) is -2.37. The molecule has 174 valence electrons. The number of hydrogen-bond acceptors (Lipinski definition) is 8. The number of fused-ring (bicyclic) bond motifs is 1. The molecular weight excluding hydrogens is 443 g/mol. The Hall–Kier alpha value is -3.02. The Morgan fingerprint density at radius 2 is 1.88 bits per heavy atom. The zero-order valence-corrected chi connectivity index (χ0v) is 19.4. The van der Waals surface area contributed by atoms with E-state index in [1.165, 1.54) is 0 Å². The molecule has 2 aromatic rings. The van der Waals surface area contributed by atoms with Crippen LogP contribution >= 0.6 is 0 Å². The molecular formula is C20H25FN4O6S. The first-order valence-electron chi connectivity index (χ1n) is 9.78. The molecule has 2 heterocycles. The van der Waals surface area contributed by atoms with Crippen molar-refractivity contribution in [3.63, 3.8) is 0 Å². The molecule has 1 aliphatic rings. The van der Waals surface area contributed by atoms with E-state index in [2.05, 4.69) is 20.8 Å². The number of rotatable bonds is 2. The van der Waals surface area contributed by atoms with Crippen molar-refractivity contribution in [2.45, 2.75) is 63.5 Å². The third kappa shape index (κ3) is 5.06. The number of anilines is 1. The summed E-state index contributed by atoms with van der Waals surface area (Å²) in [6, 6.07) is 0.470. The molecule has 3 rings (SSSR count). The minimum Gasteiger partial charge on any atom is -0.444 e. The molecule has 0 bridgehead atoms. The number of nitrogens with one attached hydrogen (secondary N) is 2. The lowest BCUT2D eigenvalue weighted by Crippen LogP contribution is -2.48. The summed E-state index contributed by atoms with van der Waals surface area (Å²) in [4.78, 5) is 24.3. The SMILES string of the molecule is CC(C)(C)OC(=O)N[C@H]1CS(=O)(=O)c2cc(F)c(-c3nnc(C(C)(C)C)o3)cc2NC1=O. The number of hydrogen-bond donors (Lipinski definition) is 2. The van der Waals surface area contributed by atoms with Crippen molar-refractivity contribution < 1.29 is 31.6 Å². The molecule has 0 saturated carbocycles. The zero-order chi connectivity index (χ0) is 24.1. The number of nitrogens with zero attached hydrogens (tertiary/aromatic N) is 2. The fourth-order valence-corrected chi connectivity index (χ4v) is 4.45. The lowest BCUT2D eigenvalue weighted by molar-refractivity contribution is -0.117. The van der Waals surface area contributed by atoms with E-state index in [9.17, 15) is 22.4 Å². The quantitative estimate of drug-likeness (QED) is 0.686. The van der Waals surface area contributed by atoms with Gasteiger partial charge in [0.15, 0.2) is 9.84 Å². The Bertz CT molecular complexity index is 1180. The summed E-state index contributed by atoms with van der Waals surface area (Å²) >= 11 is 0. The van der Waals surface area contributed by atoms with Crippen molar-refractivity contribution in [1.29, 1.82) is 0 Å². The number of ether oxygens (including phenoxy) is 1. The molecule has 1 aromatic heterocycles. The van der Waals surface area contributed by atoms with E-state index in [1.807, 2.05) is 20.8 Å². The molecule has 1 aromatic carbocycles. The predicted molar refractivity (Wildman–Crippen MR) is 112 cm³/mol. The van der Waals surface area contributed by atoms with E-state index in [1.54, 1.807) is 20.8 Å². The second-order valence-electron chi connectivity index (χ2n) is 9.46. The molecule has 2 N–H and O–H groups in total. The number of benzene rings is 1. The highest BCUT2D eigenvalue weighted by Gasteiger charge is 2.36. The summed E-state index contributed by atoms with van der Waals surface area (Å²) in [5, 5.41) is 12.4. The van der Waals surface area contributed by atoms with Gasteiger partial charge >= 0.3 is 6.09 Å². The minimum atomic E-state index is -4.15. The summed E-state index contributed by atoms with van der Waals surface area (Å²) in [6.45, 7) is 10.4. The van der Waals surface area contributed by atoms with E-state index in [0.29, 0.717) is 0 Å². The highest BCUT2D eigenvalue weighted by atomic mass is 32.2. The smallest absolute Gasteiger partial charge is 0.408 e. The van der Waals surface area contributed by atoms with E-state index in [0.717, 1.165) is 12.1 Å². The molecule has 32 heavy (non-hydrogen) atoms. The molecule has 1 atom stereocenters. The van der Waals surface area contributed by atoms with Gasteiger partial charge in [-0.15, -0.1) is 10.2 Å². The van der Waals surface area contributed by atoms with Gasteiger partial charge in [-0.05, 0) is 32.9 Å². The number of halogens is 1. The van der Waals surface area contributed by atoms with Gasteiger partial charge in [0, 0.05) is 5.41 Å². The van der Waals surface area contributed by atoms with Crippen LogP contribution in [0.1, 0.15) is 47.4 Å². The lowest BCUT2D eigenvalue weighted by atomic mass is 9.97. The molecule has 0 unspecified atom stereocenters. The van der Waals surface area contributed by atoms with Crippen LogP contribution in [0, 0.1) is 5.82 Å². The van der Waals surface area contributed by atoms with Crippen LogP contribution in [-0.4, -0.2) is 48.0 Å². The molecule has 2 amide bonds. The summed E-state index contributed by atoms with van der Waals surface area (Å²) in [5.41, 5.74) is -1.65. The van der Waals surface area contributed by atoms with Crippen LogP contribution in [0.25, 0.3) is 11.5 Å². The third-order valence-electron chi connectivity index (χ3n) is 4.35. The first-order valence-corrected chi connectivity index (χ1v) is 11.4. The van der Waals surface area contributed by atoms with Gasteiger partial charge in [-0.2, -0.15) is 0 Å². The number of aromatic nitrogens is 2. The van der Waals surface area contributed by atoms with Gasteiger partial charge in [-0.1, -0.05) is 20.8 Å². The largest absolute Gasteiger partial charge is 0.444 e. The van der Waals surface area contributed by atoms with Crippen LogP contribution < -0.4 is 10.6 Å². The van der Waals surface area contributed by atoms with E-state index in [-0.39, 0.29) is 23.0 Å². The van der Waals surface area contributed by atoms with E-state index in [4.69, 9.17) is 9.15 Å². The fraction of sp³-hybridized carbons (Fsp3) is 0.500. The number of sulfone groups is 1. The maximum atomic E-state index is 14.8. The zero-order valence-electron chi connectivity index (χ0n) is 18.6. The van der Waals surface area contributed by atoms with Crippen LogP contribution in [0.5, 0.6) is 0 Å². The minimum absolute atomic E-state index is 0.157. The number of amides is 2. The molecule has 0 saturated heterocycles. The highest BCUT2D eigenvalue weighted by molar-refractivity contribution is 7.91. The average Bonchev–Trinajstić information content (AvgIpc) is 3.07. The van der Waals surface area contributed by atoms with Crippen LogP contribution in [0.4, 0.5) is 14.9 Å². The van der Waals surface area contributed by atoms with Gasteiger partial charge in [0.05, 0.1) is 21.9 Å². The monoisotopic (exact) mass is 468 g/mol. The van der Waals surface area contributed by atoms with Crippen molar-refractivity contribution in [3.05, 3.63) is 23.8 Å². The van der Waals surface area contributed by atoms with Crippen molar-refractivity contribution in [1.82, 2.24) is 15.5 Å². The van der Waals surface area contributed by atoms with Crippen LogP contribution in [0.3, 0.4) is 0 Å². The van der Waals surface area contributed by atoms with Crippen LogP contribution in [-0.2, 0) is 24.8 Å². The molecule has 0 radical (unpaired) electrons. The van der Waals surface area contributed by atoms with E-state index >= 15 is 0 Å². The number of alkyl carbamates (subject to hydrolysis) is 1.